The van der Waals surface area contributed by atoms with Crippen molar-refractivity contribution in [2.24, 2.45) is 11.3 Å². The summed E-state index contributed by atoms with van der Waals surface area (Å²) < 4.78 is 0. The summed E-state index contributed by atoms with van der Waals surface area (Å²) in [6.45, 7) is 11.7. The average molecular weight is 606 g/mol. The van der Waals surface area contributed by atoms with Crippen LogP contribution in [0.3, 0.4) is 0 Å². The van der Waals surface area contributed by atoms with Crippen LogP contribution in [0, 0.1) is 11.3 Å². The van der Waals surface area contributed by atoms with Crippen LogP contribution in [0.5, 0.6) is 0 Å². The summed E-state index contributed by atoms with van der Waals surface area (Å²) in [5, 5.41) is 13.8. The van der Waals surface area contributed by atoms with Gasteiger partial charge >= 0.3 is 0 Å². The van der Waals surface area contributed by atoms with Crippen molar-refractivity contribution >= 4 is 29.6 Å². The number of aryl methyl sites for hydroxylation is 1. The molecule has 0 aliphatic heterocycles. The largest absolute Gasteiger partial charge is 0.320 e. The van der Waals surface area contributed by atoms with Gasteiger partial charge in [-0.25, -0.2) is 4.89 Å². The topological polar surface area (TPSA) is 61.8 Å². The maximum absolute atomic E-state index is 13.2. The number of benzene rings is 2. The molecule has 0 aromatic heterocycles. The molecule has 1 aliphatic rings. The van der Waals surface area contributed by atoms with Gasteiger partial charge in [0.1, 0.15) is 0 Å². The average Bonchev–Trinajstić information content (AvgIpc) is 2.95. The number of hydrogen-bond donors (Lipinski definition) is 2. The van der Waals surface area contributed by atoms with Crippen molar-refractivity contribution in [3.8, 4) is 0 Å². The minimum absolute atomic E-state index is 0.0411. The van der Waals surface area contributed by atoms with Gasteiger partial charge in [-0.3, -0.25) is 15.4 Å². The van der Waals surface area contributed by atoms with Gasteiger partial charge in [-0.05, 0) is 98.1 Å². The van der Waals surface area contributed by atoms with Gasteiger partial charge in [-0.2, -0.15) is 0 Å². The van der Waals surface area contributed by atoms with Crippen molar-refractivity contribution in [2.75, 3.05) is 6.61 Å². The lowest BCUT2D eigenvalue weighted by Gasteiger charge is -2.53. The van der Waals surface area contributed by atoms with E-state index >= 15 is 0 Å². The minimum Gasteiger partial charge on any atom is -0.320 e. The predicted molar refractivity (Wildman–Crippen MR) is 170 cm³/mol. The smallest absolute Gasteiger partial charge is 0.211 e. The molecule has 7 heteroatoms. The number of nitrogens with zero attached hydrogens (tertiary/aromatic N) is 1. The third-order valence-electron chi connectivity index (χ3n) is 9.54. The first-order valence-electron chi connectivity index (χ1n) is 15.4. The van der Waals surface area contributed by atoms with Crippen LogP contribution in [0.4, 0.5) is 0 Å². The Balaban J connectivity index is 1.98. The SMILES string of the molecule is CCCCC(c1ccc(CCCOO)cc1)N(C=O)C1(NC(C)c2cc(Cl)cc(Cl)c2)CCC(C(C)(C)CC)CC1. The lowest BCUT2D eigenvalue weighted by atomic mass is 9.67. The number of halogens is 2. The number of amides is 1. The third kappa shape index (κ3) is 8.93. The van der Waals surface area contributed by atoms with Crippen molar-refractivity contribution in [3.05, 3.63) is 69.2 Å². The van der Waals surface area contributed by atoms with E-state index in [0.717, 1.165) is 81.7 Å². The molecule has 0 saturated heterocycles. The van der Waals surface area contributed by atoms with E-state index in [0.29, 0.717) is 22.6 Å². The Morgan fingerprint density at radius 1 is 1.07 bits per heavy atom. The van der Waals surface area contributed by atoms with Gasteiger partial charge in [0.25, 0.3) is 0 Å². The fraction of sp³-hybridized carbons (Fsp3) is 0.618. The molecule has 41 heavy (non-hydrogen) atoms. The lowest BCUT2D eigenvalue weighted by molar-refractivity contribution is -0.242. The van der Waals surface area contributed by atoms with Crippen molar-refractivity contribution in [3.63, 3.8) is 0 Å². The molecule has 3 rings (SSSR count). The number of carbonyl (C=O) groups is 1. The lowest BCUT2D eigenvalue weighted by Crippen LogP contribution is -2.62. The first-order chi connectivity index (χ1) is 19.6. The normalized spacial score (nSPS) is 20.9. The summed E-state index contributed by atoms with van der Waals surface area (Å²) >= 11 is 12.8. The molecule has 0 bridgehead atoms. The second kappa shape index (κ2) is 15.7. The fourth-order valence-electron chi connectivity index (χ4n) is 6.54. The summed E-state index contributed by atoms with van der Waals surface area (Å²) in [5.41, 5.74) is 3.14. The van der Waals surface area contributed by atoms with Crippen LogP contribution in [-0.4, -0.2) is 28.8 Å². The molecule has 2 aromatic carbocycles. The van der Waals surface area contributed by atoms with Crippen molar-refractivity contribution < 1.29 is 14.9 Å². The Morgan fingerprint density at radius 2 is 1.71 bits per heavy atom. The summed E-state index contributed by atoms with van der Waals surface area (Å²) in [4.78, 5) is 19.5. The standard InChI is InChI=1S/C34H50Cl2N2O3/c1-6-8-11-32(27-14-12-26(13-15-27)10-9-20-41-40)38(24-39)34(18-16-29(17-19-34)33(4,5)7-2)37-25(3)28-21-30(35)23-31(36)22-28/h12-15,21-25,29,32,37,40H,6-11,16-20H2,1-5H3. The summed E-state index contributed by atoms with van der Waals surface area (Å²) in [6, 6.07) is 14.2. The second-order valence-corrected chi connectivity index (χ2v) is 13.4. The van der Waals surface area contributed by atoms with E-state index in [1.54, 1.807) is 6.07 Å². The van der Waals surface area contributed by atoms with E-state index in [1.807, 2.05) is 12.1 Å². The van der Waals surface area contributed by atoms with Crippen LogP contribution in [0.15, 0.2) is 42.5 Å². The van der Waals surface area contributed by atoms with Crippen LogP contribution < -0.4 is 5.32 Å². The number of nitrogens with one attached hydrogen (secondary N) is 1. The first kappa shape index (κ1) is 33.9. The Kier molecular flexibility index (Phi) is 13.0. The van der Waals surface area contributed by atoms with Crippen molar-refractivity contribution in [2.45, 2.75) is 117 Å². The van der Waals surface area contributed by atoms with Gasteiger partial charge in [0.15, 0.2) is 0 Å². The number of carbonyl (C=O) groups excluding carboxylic acids is 1. The molecule has 2 N–H and O–H groups in total. The summed E-state index contributed by atoms with van der Waals surface area (Å²) in [5.74, 6) is 0.614. The van der Waals surface area contributed by atoms with Gasteiger partial charge in [0.2, 0.25) is 6.41 Å². The highest BCUT2D eigenvalue weighted by Crippen LogP contribution is 2.47. The van der Waals surface area contributed by atoms with Crippen molar-refractivity contribution in [1.82, 2.24) is 10.2 Å². The van der Waals surface area contributed by atoms with Gasteiger partial charge in [-0.1, -0.05) is 94.4 Å². The molecule has 0 radical (unpaired) electrons. The second-order valence-electron chi connectivity index (χ2n) is 12.6. The number of unbranched alkanes of at least 4 members (excludes halogenated alkanes) is 1. The van der Waals surface area contributed by atoms with E-state index < -0.39 is 5.66 Å². The zero-order valence-corrected chi connectivity index (χ0v) is 27.1. The number of rotatable bonds is 16. The highest BCUT2D eigenvalue weighted by atomic mass is 35.5. The van der Waals surface area contributed by atoms with Gasteiger partial charge in [0, 0.05) is 16.1 Å². The van der Waals surface area contributed by atoms with E-state index in [1.165, 1.54) is 5.56 Å². The van der Waals surface area contributed by atoms with Crippen LogP contribution in [0.1, 0.15) is 121 Å². The molecule has 0 spiro atoms. The molecule has 5 nitrogen and oxygen atoms in total. The maximum Gasteiger partial charge on any atom is 0.211 e. The summed E-state index contributed by atoms with van der Waals surface area (Å²) in [6.07, 6.45) is 10.7. The Hall–Kier alpha value is -1.63. The maximum atomic E-state index is 13.2. The van der Waals surface area contributed by atoms with Crippen LogP contribution in [0.25, 0.3) is 0 Å². The Morgan fingerprint density at radius 3 is 2.24 bits per heavy atom. The monoisotopic (exact) mass is 604 g/mol. The van der Waals surface area contributed by atoms with E-state index in [-0.39, 0.29) is 17.5 Å². The minimum atomic E-state index is -0.494. The van der Waals surface area contributed by atoms with Gasteiger partial charge in [0.05, 0.1) is 18.3 Å². The van der Waals surface area contributed by atoms with E-state index in [4.69, 9.17) is 28.5 Å². The van der Waals surface area contributed by atoms with Gasteiger partial charge in [-0.15, -0.1) is 0 Å². The molecular formula is C34H50Cl2N2O3. The molecule has 0 heterocycles. The molecule has 1 saturated carbocycles. The number of hydrogen-bond acceptors (Lipinski definition) is 4. The molecule has 1 aliphatic carbocycles. The highest BCUT2D eigenvalue weighted by molar-refractivity contribution is 6.34. The van der Waals surface area contributed by atoms with Crippen LogP contribution in [-0.2, 0) is 16.1 Å². The Bertz CT molecular complexity index is 1060. The predicted octanol–water partition coefficient (Wildman–Crippen LogP) is 9.78. The third-order valence-corrected chi connectivity index (χ3v) is 9.98. The van der Waals surface area contributed by atoms with Crippen molar-refractivity contribution in [1.29, 1.82) is 0 Å². The Labute approximate surface area is 257 Å². The zero-order chi connectivity index (χ0) is 30.0. The van der Waals surface area contributed by atoms with E-state index in [9.17, 15) is 4.79 Å². The van der Waals surface area contributed by atoms with Crippen LogP contribution >= 0.6 is 23.2 Å². The first-order valence-corrected chi connectivity index (χ1v) is 16.2. The molecule has 2 atom stereocenters. The molecular weight excluding hydrogens is 555 g/mol. The van der Waals surface area contributed by atoms with E-state index in [2.05, 4.69) is 74.0 Å². The molecule has 1 amide bonds. The molecule has 228 valence electrons. The molecule has 1 fully saturated rings. The molecule has 2 unspecified atom stereocenters. The zero-order valence-electron chi connectivity index (χ0n) is 25.6. The molecule has 2 aromatic rings. The van der Waals surface area contributed by atoms with Gasteiger partial charge < -0.3 is 4.90 Å². The quantitative estimate of drug-likeness (QED) is 0.0657. The fourth-order valence-corrected chi connectivity index (χ4v) is 7.08. The summed E-state index contributed by atoms with van der Waals surface area (Å²) in [7, 11) is 0. The van der Waals surface area contributed by atoms with Crippen LogP contribution in [0.2, 0.25) is 10.0 Å². The highest BCUT2D eigenvalue weighted by Gasteiger charge is 2.46.